The van der Waals surface area contributed by atoms with Crippen molar-refractivity contribution in [3.05, 3.63) is 82.5 Å². The summed E-state index contributed by atoms with van der Waals surface area (Å²) < 4.78 is 11.0. The number of amides is 1. The van der Waals surface area contributed by atoms with Crippen molar-refractivity contribution in [3.63, 3.8) is 0 Å². The third-order valence-electron chi connectivity index (χ3n) is 6.96. The van der Waals surface area contributed by atoms with Crippen molar-refractivity contribution in [2.45, 2.75) is 26.3 Å². The maximum Gasteiger partial charge on any atom is 0.258 e. The molecule has 2 heterocycles. The first-order valence-corrected chi connectivity index (χ1v) is 12.2. The molecule has 0 saturated carbocycles. The molecule has 0 aliphatic carbocycles. The fraction of sp³-hybridized carbons (Fsp3) is 0.276. The van der Waals surface area contributed by atoms with Crippen molar-refractivity contribution < 1.29 is 14.3 Å². The Morgan fingerprint density at radius 3 is 2.22 bits per heavy atom. The van der Waals surface area contributed by atoms with Crippen LogP contribution < -0.4 is 25.8 Å². The standard InChI is InChI=1S/C29H32N4O3/c1-18(28-24-16-22(30)6-9-25(24)32-29(28)34)31-23-7-4-19(5-8-23)17-33-12-10-20-14-26(35-2)27(36-3)15-21(20)11-13-33/h4-9,14-16,31H,10-13,17,30H2,1-3H3,(H,32,34). The molecule has 5 rings (SSSR count). The topological polar surface area (TPSA) is 88.9 Å². The summed E-state index contributed by atoms with van der Waals surface area (Å²) in [6.45, 7) is 4.79. The Bertz CT molecular complexity index is 1300. The van der Waals surface area contributed by atoms with E-state index in [9.17, 15) is 4.79 Å². The second-order valence-corrected chi connectivity index (χ2v) is 9.33. The average Bonchev–Trinajstić information content (AvgIpc) is 3.08. The van der Waals surface area contributed by atoms with Gasteiger partial charge in [0.15, 0.2) is 11.5 Å². The minimum absolute atomic E-state index is 0.116. The fourth-order valence-electron chi connectivity index (χ4n) is 5.04. The smallest absolute Gasteiger partial charge is 0.258 e. The number of nitrogens with one attached hydrogen (secondary N) is 2. The number of nitrogen functional groups attached to an aromatic ring is 1. The van der Waals surface area contributed by atoms with Crippen molar-refractivity contribution in [3.8, 4) is 11.5 Å². The Balaban J connectivity index is 1.25. The van der Waals surface area contributed by atoms with E-state index >= 15 is 0 Å². The number of methoxy groups -OCH3 is 2. The van der Waals surface area contributed by atoms with Gasteiger partial charge in [-0.3, -0.25) is 9.69 Å². The van der Waals surface area contributed by atoms with Gasteiger partial charge in [0.05, 0.1) is 19.8 Å². The van der Waals surface area contributed by atoms with E-state index in [0.29, 0.717) is 11.3 Å². The maximum atomic E-state index is 12.6. The van der Waals surface area contributed by atoms with Gasteiger partial charge in [0.25, 0.3) is 5.91 Å². The Labute approximate surface area is 211 Å². The minimum Gasteiger partial charge on any atom is -0.493 e. The van der Waals surface area contributed by atoms with Gasteiger partial charge in [0, 0.05) is 48.0 Å². The quantitative estimate of drug-likeness (QED) is 0.348. The lowest BCUT2D eigenvalue weighted by Crippen LogP contribution is -2.25. The summed E-state index contributed by atoms with van der Waals surface area (Å²) in [6.07, 6.45) is 1.96. The van der Waals surface area contributed by atoms with Gasteiger partial charge in [-0.25, -0.2) is 0 Å². The van der Waals surface area contributed by atoms with Crippen LogP contribution in [0.1, 0.15) is 29.2 Å². The molecule has 3 aromatic rings. The largest absolute Gasteiger partial charge is 0.493 e. The van der Waals surface area contributed by atoms with Crippen LogP contribution in [0.4, 0.5) is 17.1 Å². The first-order chi connectivity index (χ1) is 17.4. The van der Waals surface area contributed by atoms with Crippen LogP contribution in [0, 0.1) is 0 Å². The SMILES string of the molecule is COc1cc2c(cc1OC)CCN(Cc1ccc(NC(C)=C3C(=O)Nc4ccc(N)cc43)cc1)CC2. The highest BCUT2D eigenvalue weighted by molar-refractivity contribution is 6.32. The number of carbonyl (C=O) groups is 1. The zero-order valence-corrected chi connectivity index (χ0v) is 21.0. The second kappa shape index (κ2) is 9.95. The minimum atomic E-state index is -0.116. The van der Waals surface area contributed by atoms with Crippen LogP contribution in [-0.2, 0) is 24.2 Å². The molecular weight excluding hydrogens is 452 g/mol. The zero-order chi connectivity index (χ0) is 25.2. The van der Waals surface area contributed by atoms with Crippen LogP contribution in [0.25, 0.3) is 5.57 Å². The van der Waals surface area contributed by atoms with E-state index < -0.39 is 0 Å². The molecule has 0 saturated heterocycles. The van der Waals surface area contributed by atoms with Crippen molar-refractivity contribution in [2.75, 3.05) is 43.7 Å². The van der Waals surface area contributed by atoms with Gasteiger partial charge in [-0.05, 0) is 78.9 Å². The summed E-state index contributed by atoms with van der Waals surface area (Å²) in [6, 6.07) is 18.1. The van der Waals surface area contributed by atoms with Crippen molar-refractivity contribution in [2.24, 2.45) is 0 Å². The van der Waals surface area contributed by atoms with Crippen molar-refractivity contribution in [1.82, 2.24) is 4.90 Å². The van der Waals surface area contributed by atoms with Crippen molar-refractivity contribution in [1.29, 1.82) is 0 Å². The molecule has 36 heavy (non-hydrogen) atoms. The summed E-state index contributed by atoms with van der Waals surface area (Å²) in [5, 5.41) is 6.30. The van der Waals surface area contributed by atoms with E-state index in [1.165, 1.54) is 16.7 Å². The van der Waals surface area contributed by atoms with Crippen LogP contribution >= 0.6 is 0 Å². The summed E-state index contributed by atoms with van der Waals surface area (Å²) >= 11 is 0. The molecule has 0 aromatic heterocycles. The third kappa shape index (κ3) is 4.75. The fourth-order valence-corrected chi connectivity index (χ4v) is 5.04. The molecule has 7 heteroatoms. The number of carbonyl (C=O) groups excluding carboxylic acids is 1. The molecule has 7 nitrogen and oxygen atoms in total. The molecule has 1 amide bonds. The summed E-state index contributed by atoms with van der Waals surface area (Å²) in [7, 11) is 3.36. The molecule has 186 valence electrons. The lowest BCUT2D eigenvalue weighted by molar-refractivity contribution is -0.110. The molecule has 0 atom stereocenters. The van der Waals surface area contributed by atoms with E-state index in [2.05, 4.69) is 51.9 Å². The molecule has 3 aromatic carbocycles. The highest BCUT2D eigenvalue weighted by Crippen LogP contribution is 2.35. The van der Waals surface area contributed by atoms with Gasteiger partial charge >= 0.3 is 0 Å². The highest BCUT2D eigenvalue weighted by Gasteiger charge is 2.26. The van der Waals surface area contributed by atoms with Crippen LogP contribution in [0.5, 0.6) is 11.5 Å². The highest BCUT2D eigenvalue weighted by atomic mass is 16.5. The van der Waals surface area contributed by atoms with Gasteiger partial charge in [-0.1, -0.05) is 12.1 Å². The zero-order valence-electron chi connectivity index (χ0n) is 21.0. The number of rotatable bonds is 6. The van der Waals surface area contributed by atoms with E-state index in [1.54, 1.807) is 20.3 Å². The normalized spacial score (nSPS) is 16.5. The van der Waals surface area contributed by atoms with E-state index in [0.717, 1.165) is 66.6 Å². The summed E-state index contributed by atoms with van der Waals surface area (Å²) in [5.74, 6) is 1.47. The first-order valence-electron chi connectivity index (χ1n) is 12.2. The van der Waals surface area contributed by atoms with E-state index in [1.807, 2.05) is 19.1 Å². The van der Waals surface area contributed by atoms with Gasteiger partial charge in [-0.15, -0.1) is 0 Å². The van der Waals surface area contributed by atoms with Gasteiger partial charge in [0.1, 0.15) is 0 Å². The average molecular weight is 485 g/mol. The van der Waals surface area contributed by atoms with E-state index in [4.69, 9.17) is 15.2 Å². The number of hydrogen-bond donors (Lipinski definition) is 3. The van der Waals surface area contributed by atoms with Crippen molar-refractivity contribution >= 4 is 28.5 Å². The Morgan fingerprint density at radius 2 is 1.61 bits per heavy atom. The molecule has 2 aliphatic rings. The molecule has 0 unspecified atom stereocenters. The maximum absolute atomic E-state index is 12.6. The Hall–Kier alpha value is -3.97. The number of allylic oxidation sites excluding steroid dienone is 1. The number of nitrogens with two attached hydrogens (primary N) is 1. The second-order valence-electron chi connectivity index (χ2n) is 9.33. The predicted octanol–water partition coefficient (Wildman–Crippen LogP) is 4.68. The first kappa shape index (κ1) is 23.8. The molecular formula is C29H32N4O3. The predicted molar refractivity (Wildman–Crippen MR) is 144 cm³/mol. The third-order valence-corrected chi connectivity index (χ3v) is 6.96. The van der Waals surface area contributed by atoms with Crippen LogP contribution in [0.2, 0.25) is 0 Å². The van der Waals surface area contributed by atoms with E-state index in [-0.39, 0.29) is 5.91 Å². The van der Waals surface area contributed by atoms with Crippen LogP contribution in [0.15, 0.2) is 60.3 Å². The molecule has 0 spiro atoms. The number of ether oxygens (including phenoxy) is 2. The monoisotopic (exact) mass is 484 g/mol. The number of benzene rings is 3. The number of nitrogens with zero attached hydrogens (tertiary/aromatic N) is 1. The number of fused-ring (bicyclic) bond motifs is 2. The Morgan fingerprint density at radius 1 is 0.972 bits per heavy atom. The Kier molecular flexibility index (Phi) is 6.57. The summed E-state index contributed by atoms with van der Waals surface area (Å²) in [4.78, 5) is 15.0. The number of anilines is 3. The van der Waals surface area contributed by atoms with Gasteiger partial charge in [-0.2, -0.15) is 0 Å². The molecule has 0 radical (unpaired) electrons. The molecule has 0 fully saturated rings. The molecule has 4 N–H and O–H groups in total. The lowest BCUT2D eigenvalue weighted by Gasteiger charge is -2.20. The number of hydrogen-bond acceptors (Lipinski definition) is 6. The lowest BCUT2D eigenvalue weighted by atomic mass is 10.0. The molecule has 0 bridgehead atoms. The van der Waals surface area contributed by atoms with Crippen LogP contribution in [-0.4, -0.2) is 38.1 Å². The van der Waals surface area contributed by atoms with Crippen LogP contribution in [0.3, 0.4) is 0 Å². The summed E-state index contributed by atoms with van der Waals surface area (Å²) in [5.41, 5.74) is 14.5. The van der Waals surface area contributed by atoms with Gasteiger partial charge in [0.2, 0.25) is 0 Å². The van der Waals surface area contributed by atoms with Gasteiger partial charge < -0.3 is 25.8 Å². The molecule has 2 aliphatic heterocycles.